The summed E-state index contributed by atoms with van der Waals surface area (Å²) in [4.78, 5) is 12.5. The molecular formula is C15H22BrNO. The molecule has 1 aromatic rings. The van der Waals surface area contributed by atoms with Gasteiger partial charge in [-0.05, 0) is 32.8 Å². The minimum Gasteiger partial charge on any atom is -0.349 e. The number of halogens is 1. The van der Waals surface area contributed by atoms with Crippen molar-refractivity contribution >= 4 is 21.8 Å². The number of alkyl halides is 1. The van der Waals surface area contributed by atoms with E-state index in [1.807, 2.05) is 44.2 Å². The van der Waals surface area contributed by atoms with Crippen molar-refractivity contribution < 1.29 is 4.79 Å². The fourth-order valence-electron chi connectivity index (χ4n) is 1.63. The van der Waals surface area contributed by atoms with Gasteiger partial charge in [0, 0.05) is 10.9 Å². The molecule has 18 heavy (non-hydrogen) atoms. The summed E-state index contributed by atoms with van der Waals surface area (Å²) in [5.74, 6) is 0.0671. The standard InChI is InChI=1S/C15H22BrNO/c1-5-15(4,11-16)17-13(18)14(2,3)12-9-7-6-8-10-12/h6-10H,5,11H2,1-4H3,(H,17,18). The Kier molecular flexibility index (Phi) is 4.97. The normalized spacial score (nSPS) is 14.9. The third kappa shape index (κ3) is 3.35. The zero-order valence-electron chi connectivity index (χ0n) is 11.6. The third-order valence-corrected chi connectivity index (χ3v) is 4.79. The molecule has 1 atom stereocenters. The lowest BCUT2D eigenvalue weighted by Crippen LogP contribution is -2.52. The summed E-state index contributed by atoms with van der Waals surface area (Å²) in [5.41, 5.74) is 0.332. The number of nitrogens with one attached hydrogen (secondary N) is 1. The van der Waals surface area contributed by atoms with Crippen LogP contribution in [0.15, 0.2) is 30.3 Å². The topological polar surface area (TPSA) is 29.1 Å². The predicted octanol–water partition coefficient (Wildman–Crippen LogP) is 3.64. The molecule has 2 nitrogen and oxygen atoms in total. The van der Waals surface area contributed by atoms with Crippen LogP contribution in [0.2, 0.25) is 0 Å². The second kappa shape index (κ2) is 5.87. The summed E-state index contributed by atoms with van der Waals surface area (Å²) in [6.45, 7) is 8.06. The quantitative estimate of drug-likeness (QED) is 0.826. The van der Waals surface area contributed by atoms with Crippen molar-refractivity contribution in [2.75, 3.05) is 5.33 Å². The molecule has 0 aromatic heterocycles. The zero-order chi connectivity index (χ0) is 13.8. The molecule has 3 heteroatoms. The average molecular weight is 312 g/mol. The van der Waals surface area contributed by atoms with Crippen LogP contribution in [0.4, 0.5) is 0 Å². The summed E-state index contributed by atoms with van der Waals surface area (Å²) in [7, 11) is 0. The summed E-state index contributed by atoms with van der Waals surface area (Å²) in [6.07, 6.45) is 0.898. The molecular weight excluding hydrogens is 290 g/mol. The zero-order valence-corrected chi connectivity index (χ0v) is 13.2. The lowest BCUT2D eigenvalue weighted by molar-refractivity contribution is -0.127. The fraction of sp³-hybridized carbons (Fsp3) is 0.533. The van der Waals surface area contributed by atoms with E-state index in [9.17, 15) is 4.79 Å². The van der Waals surface area contributed by atoms with E-state index in [2.05, 4.69) is 35.1 Å². The second-order valence-electron chi connectivity index (χ2n) is 5.49. The summed E-state index contributed by atoms with van der Waals surface area (Å²) in [6, 6.07) is 9.89. The van der Waals surface area contributed by atoms with Gasteiger partial charge in [-0.25, -0.2) is 0 Å². The minimum absolute atomic E-state index is 0.0671. The Morgan fingerprint density at radius 2 is 1.78 bits per heavy atom. The van der Waals surface area contributed by atoms with Crippen LogP contribution in [0.5, 0.6) is 0 Å². The first-order chi connectivity index (χ1) is 8.35. The molecule has 0 heterocycles. The second-order valence-corrected chi connectivity index (χ2v) is 6.05. The lowest BCUT2D eigenvalue weighted by Gasteiger charge is -2.33. The molecule has 1 N–H and O–H groups in total. The van der Waals surface area contributed by atoms with E-state index in [-0.39, 0.29) is 11.4 Å². The van der Waals surface area contributed by atoms with Crippen molar-refractivity contribution in [3.8, 4) is 0 Å². The molecule has 1 unspecified atom stereocenters. The number of amides is 1. The van der Waals surface area contributed by atoms with Crippen LogP contribution in [0.25, 0.3) is 0 Å². The molecule has 0 aliphatic rings. The van der Waals surface area contributed by atoms with Gasteiger partial charge in [0.1, 0.15) is 0 Å². The van der Waals surface area contributed by atoms with Crippen molar-refractivity contribution in [2.45, 2.75) is 45.1 Å². The predicted molar refractivity (Wildman–Crippen MR) is 80.1 cm³/mol. The third-order valence-electron chi connectivity index (χ3n) is 3.55. The van der Waals surface area contributed by atoms with E-state index in [0.717, 1.165) is 17.3 Å². The molecule has 0 saturated carbocycles. The first kappa shape index (κ1) is 15.2. The highest BCUT2D eigenvalue weighted by Crippen LogP contribution is 2.25. The Bertz CT molecular complexity index is 396. The van der Waals surface area contributed by atoms with Gasteiger partial charge < -0.3 is 5.32 Å². The average Bonchev–Trinajstić information content (AvgIpc) is 2.39. The van der Waals surface area contributed by atoms with Crippen LogP contribution in [-0.4, -0.2) is 16.8 Å². The molecule has 0 radical (unpaired) electrons. The molecule has 0 aliphatic carbocycles. The number of carbonyl (C=O) groups is 1. The Morgan fingerprint density at radius 3 is 2.22 bits per heavy atom. The Morgan fingerprint density at radius 1 is 1.22 bits per heavy atom. The van der Waals surface area contributed by atoms with Gasteiger partial charge in [0.25, 0.3) is 0 Å². The SMILES string of the molecule is CCC(C)(CBr)NC(=O)C(C)(C)c1ccccc1. The first-order valence-corrected chi connectivity index (χ1v) is 7.42. The Labute approximate surface area is 118 Å². The van der Waals surface area contributed by atoms with Crippen LogP contribution < -0.4 is 5.32 Å². The van der Waals surface area contributed by atoms with Crippen molar-refractivity contribution in [1.82, 2.24) is 5.32 Å². The van der Waals surface area contributed by atoms with E-state index < -0.39 is 5.41 Å². The lowest BCUT2D eigenvalue weighted by atomic mass is 9.83. The van der Waals surface area contributed by atoms with Crippen molar-refractivity contribution in [3.05, 3.63) is 35.9 Å². The Balaban J connectivity index is 2.90. The number of rotatable bonds is 5. The summed E-state index contributed by atoms with van der Waals surface area (Å²) < 4.78 is 0. The first-order valence-electron chi connectivity index (χ1n) is 6.30. The maximum Gasteiger partial charge on any atom is 0.230 e. The monoisotopic (exact) mass is 311 g/mol. The summed E-state index contributed by atoms with van der Waals surface area (Å²) in [5, 5.41) is 3.90. The maximum atomic E-state index is 12.5. The van der Waals surface area contributed by atoms with Gasteiger partial charge >= 0.3 is 0 Å². The van der Waals surface area contributed by atoms with Gasteiger partial charge in [0.05, 0.1) is 5.41 Å². The molecule has 0 bridgehead atoms. The van der Waals surface area contributed by atoms with Crippen LogP contribution in [0.3, 0.4) is 0 Å². The van der Waals surface area contributed by atoms with Crippen LogP contribution in [0.1, 0.15) is 39.7 Å². The van der Waals surface area contributed by atoms with Crippen molar-refractivity contribution in [3.63, 3.8) is 0 Å². The van der Waals surface area contributed by atoms with Gasteiger partial charge in [0.15, 0.2) is 0 Å². The molecule has 0 spiro atoms. The minimum atomic E-state index is -0.514. The van der Waals surface area contributed by atoms with Crippen molar-refractivity contribution in [1.29, 1.82) is 0 Å². The molecule has 1 aromatic carbocycles. The van der Waals surface area contributed by atoms with E-state index >= 15 is 0 Å². The summed E-state index contributed by atoms with van der Waals surface area (Å²) >= 11 is 3.47. The highest BCUT2D eigenvalue weighted by molar-refractivity contribution is 9.09. The molecule has 0 aliphatic heterocycles. The van der Waals surface area contributed by atoms with Crippen molar-refractivity contribution in [2.24, 2.45) is 0 Å². The molecule has 1 rings (SSSR count). The highest BCUT2D eigenvalue weighted by atomic mass is 79.9. The molecule has 100 valence electrons. The van der Waals surface area contributed by atoms with Crippen LogP contribution >= 0.6 is 15.9 Å². The van der Waals surface area contributed by atoms with Gasteiger partial charge in [-0.15, -0.1) is 0 Å². The van der Waals surface area contributed by atoms with E-state index in [1.165, 1.54) is 0 Å². The van der Waals surface area contributed by atoms with Crippen LogP contribution in [-0.2, 0) is 10.2 Å². The Hall–Kier alpha value is -0.830. The van der Waals surface area contributed by atoms with Gasteiger partial charge in [-0.2, -0.15) is 0 Å². The number of carbonyl (C=O) groups excluding carboxylic acids is 1. The van der Waals surface area contributed by atoms with E-state index in [4.69, 9.17) is 0 Å². The van der Waals surface area contributed by atoms with Gasteiger partial charge in [-0.1, -0.05) is 53.2 Å². The van der Waals surface area contributed by atoms with Crippen LogP contribution in [0, 0.1) is 0 Å². The highest BCUT2D eigenvalue weighted by Gasteiger charge is 2.34. The largest absolute Gasteiger partial charge is 0.349 e. The van der Waals surface area contributed by atoms with E-state index in [1.54, 1.807) is 0 Å². The maximum absolute atomic E-state index is 12.5. The number of hydrogen-bond donors (Lipinski definition) is 1. The number of hydrogen-bond acceptors (Lipinski definition) is 1. The van der Waals surface area contributed by atoms with Gasteiger partial charge in [-0.3, -0.25) is 4.79 Å². The smallest absolute Gasteiger partial charge is 0.230 e. The molecule has 0 saturated heterocycles. The molecule has 0 fully saturated rings. The van der Waals surface area contributed by atoms with Gasteiger partial charge in [0.2, 0.25) is 5.91 Å². The number of benzene rings is 1. The molecule has 1 amide bonds. The fourth-order valence-corrected chi connectivity index (χ4v) is 2.17. The van der Waals surface area contributed by atoms with E-state index in [0.29, 0.717) is 0 Å².